The molecule has 0 amide bonds. The van der Waals surface area contributed by atoms with Crippen molar-refractivity contribution in [2.45, 2.75) is 13.8 Å². The zero-order valence-corrected chi connectivity index (χ0v) is 8.35. The Balaban J connectivity index is 2.72. The number of nitrogens with zero attached hydrogens (tertiary/aromatic N) is 3. The maximum Gasteiger partial charge on any atom is 0.354 e. The SMILES string of the molecule is Cc1nc2ccc(C(=O)O)nc2nc1C. The lowest BCUT2D eigenvalue weighted by Gasteiger charge is -2.01. The molecule has 0 fully saturated rings. The summed E-state index contributed by atoms with van der Waals surface area (Å²) in [6.07, 6.45) is 0. The van der Waals surface area contributed by atoms with Crippen molar-refractivity contribution in [2.24, 2.45) is 0 Å². The fourth-order valence-electron chi connectivity index (χ4n) is 1.23. The first-order chi connectivity index (χ1) is 7.08. The average Bonchev–Trinajstić information content (AvgIpc) is 2.19. The van der Waals surface area contributed by atoms with Crippen LogP contribution in [0.15, 0.2) is 12.1 Å². The largest absolute Gasteiger partial charge is 0.477 e. The standard InChI is InChI=1S/C10H9N3O2/c1-5-6(2)12-9-7(11-5)3-4-8(13-9)10(14)15/h3-4H,1-2H3,(H,14,15). The summed E-state index contributed by atoms with van der Waals surface area (Å²) in [5, 5.41) is 8.76. The quantitative estimate of drug-likeness (QED) is 0.756. The minimum absolute atomic E-state index is 0.0138. The minimum atomic E-state index is -1.06. The monoisotopic (exact) mass is 203 g/mol. The summed E-state index contributed by atoms with van der Waals surface area (Å²) in [6, 6.07) is 3.04. The van der Waals surface area contributed by atoms with Gasteiger partial charge in [0.15, 0.2) is 11.3 Å². The number of aromatic nitrogens is 3. The van der Waals surface area contributed by atoms with Crippen LogP contribution in [0.3, 0.4) is 0 Å². The Labute approximate surface area is 85.8 Å². The highest BCUT2D eigenvalue weighted by Gasteiger charge is 2.08. The maximum absolute atomic E-state index is 10.7. The maximum atomic E-state index is 10.7. The van der Waals surface area contributed by atoms with Gasteiger partial charge >= 0.3 is 5.97 Å². The Hall–Kier alpha value is -2.04. The number of fused-ring (bicyclic) bond motifs is 1. The summed E-state index contributed by atoms with van der Waals surface area (Å²) in [4.78, 5) is 23.0. The van der Waals surface area contributed by atoms with Crippen molar-refractivity contribution < 1.29 is 9.90 Å². The zero-order chi connectivity index (χ0) is 11.0. The highest BCUT2D eigenvalue weighted by atomic mass is 16.4. The number of hydrogen-bond donors (Lipinski definition) is 1. The summed E-state index contributed by atoms with van der Waals surface area (Å²) in [5.74, 6) is -1.06. The molecule has 5 nitrogen and oxygen atoms in total. The first kappa shape index (κ1) is 9.51. The zero-order valence-electron chi connectivity index (χ0n) is 8.35. The number of aryl methyl sites for hydroxylation is 2. The highest BCUT2D eigenvalue weighted by molar-refractivity contribution is 5.87. The molecule has 2 aromatic rings. The summed E-state index contributed by atoms with van der Waals surface area (Å²) in [5.41, 5.74) is 2.56. The van der Waals surface area contributed by atoms with E-state index in [1.54, 1.807) is 6.07 Å². The molecule has 0 atom stereocenters. The number of hydrogen-bond acceptors (Lipinski definition) is 4. The molecule has 2 aromatic heterocycles. The number of carboxylic acids is 1. The van der Waals surface area contributed by atoms with E-state index in [2.05, 4.69) is 15.0 Å². The van der Waals surface area contributed by atoms with Gasteiger partial charge in [0, 0.05) is 0 Å². The van der Waals surface area contributed by atoms with Crippen molar-refractivity contribution in [3.05, 3.63) is 29.2 Å². The Bertz CT molecular complexity index is 552. The van der Waals surface area contributed by atoms with E-state index in [1.807, 2.05) is 13.8 Å². The van der Waals surface area contributed by atoms with E-state index in [-0.39, 0.29) is 5.69 Å². The first-order valence-electron chi connectivity index (χ1n) is 4.43. The fourth-order valence-corrected chi connectivity index (χ4v) is 1.23. The Morgan fingerprint density at radius 1 is 1.13 bits per heavy atom. The molecule has 2 rings (SSSR count). The third kappa shape index (κ3) is 1.63. The molecule has 0 radical (unpaired) electrons. The van der Waals surface area contributed by atoms with Crippen LogP contribution in [0.25, 0.3) is 11.2 Å². The number of carboxylic acid groups (broad SMARTS) is 1. The lowest BCUT2D eigenvalue weighted by molar-refractivity contribution is 0.0691. The third-order valence-electron chi connectivity index (χ3n) is 2.16. The van der Waals surface area contributed by atoms with E-state index in [0.717, 1.165) is 11.4 Å². The van der Waals surface area contributed by atoms with Gasteiger partial charge in [-0.3, -0.25) is 0 Å². The lowest BCUT2D eigenvalue weighted by atomic mass is 10.3. The second-order valence-electron chi connectivity index (χ2n) is 3.24. The van der Waals surface area contributed by atoms with Crippen LogP contribution in [-0.2, 0) is 0 Å². The molecule has 76 valence electrons. The van der Waals surface area contributed by atoms with Crippen molar-refractivity contribution in [1.29, 1.82) is 0 Å². The second kappa shape index (κ2) is 3.27. The number of carbonyl (C=O) groups is 1. The predicted octanol–water partition coefficient (Wildman–Crippen LogP) is 1.34. The fraction of sp³-hybridized carbons (Fsp3) is 0.200. The smallest absolute Gasteiger partial charge is 0.354 e. The molecule has 0 aliphatic heterocycles. The Morgan fingerprint density at radius 3 is 2.47 bits per heavy atom. The normalized spacial score (nSPS) is 10.5. The Kier molecular flexibility index (Phi) is 2.07. The molecule has 0 aliphatic rings. The van der Waals surface area contributed by atoms with Gasteiger partial charge < -0.3 is 5.11 Å². The molecule has 5 heteroatoms. The highest BCUT2D eigenvalue weighted by Crippen LogP contribution is 2.10. The molecule has 0 bridgehead atoms. The van der Waals surface area contributed by atoms with Crippen LogP contribution >= 0.6 is 0 Å². The van der Waals surface area contributed by atoms with Gasteiger partial charge in [0.25, 0.3) is 0 Å². The number of rotatable bonds is 1. The second-order valence-corrected chi connectivity index (χ2v) is 3.24. The minimum Gasteiger partial charge on any atom is -0.477 e. The van der Waals surface area contributed by atoms with Crippen molar-refractivity contribution in [3.63, 3.8) is 0 Å². The molecule has 2 heterocycles. The van der Waals surface area contributed by atoms with Crippen LogP contribution in [0.5, 0.6) is 0 Å². The van der Waals surface area contributed by atoms with Gasteiger partial charge in [0.2, 0.25) is 0 Å². The van der Waals surface area contributed by atoms with E-state index in [0.29, 0.717) is 11.2 Å². The molecule has 0 spiro atoms. The van der Waals surface area contributed by atoms with E-state index in [4.69, 9.17) is 5.11 Å². The van der Waals surface area contributed by atoms with E-state index in [1.165, 1.54) is 6.07 Å². The van der Waals surface area contributed by atoms with Gasteiger partial charge in [-0.2, -0.15) is 0 Å². The third-order valence-corrected chi connectivity index (χ3v) is 2.16. The van der Waals surface area contributed by atoms with Crippen LogP contribution < -0.4 is 0 Å². The molecule has 15 heavy (non-hydrogen) atoms. The first-order valence-corrected chi connectivity index (χ1v) is 4.43. The molecule has 1 N–H and O–H groups in total. The predicted molar refractivity (Wildman–Crippen MR) is 53.8 cm³/mol. The lowest BCUT2D eigenvalue weighted by Crippen LogP contribution is -2.02. The molecule has 0 saturated carbocycles. The van der Waals surface area contributed by atoms with Crippen LogP contribution in [0.1, 0.15) is 21.9 Å². The van der Waals surface area contributed by atoms with E-state index in [9.17, 15) is 4.79 Å². The summed E-state index contributed by atoms with van der Waals surface area (Å²) < 4.78 is 0. The van der Waals surface area contributed by atoms with Gasteiger partial charge in [-0.05, 0) is 26.0 Å². The molecule has 0 saturated heterocycles. The van der Waals surface area contributed by atoms with Crippen LogP contribution in [0.2, 0.25) is 0 Å². The van der Waals surface area contributed by atoms with Gasteiger partial charge in [-0.1, -0.05) is 0 Å². The Morgan fingerprint density at radius 2 is 1.80 bits per heavy atom. The van der Waals surface area contributed by atoms with Crippen molar-refractivity contribution in [2.75, 3.05) is 0 Å². The number of aromatic carboxylic acids is 1. The average molecular weight is 203 g/mol. The summed E-state index contributed by atoms with van der Waals surface area (Å²) >= 11 is 0. The van der Waals surface area contributed by atoms with Crippen molar-refractivity contribution in [3.8, 4) is 0 Å². The summed E-state index contributed by atoms with van der Waals surface area (Å²) in [6.45, 7) is 3.67. The van der Waals surface area contributed by atoms with Crippen LogP contribution in [-0.4, -0.2) is 26.0 Å². The van der Waals surface area contributed by atoms with E-state index >= 15 is 0 Å². The van der Waals surface area contributed by atoms with Crippen molar-refractivity contribution >= 4 is 17.1 Å². The van der Waals surface area contributed by atoms with Crippen LogP contribution in [0.4, 0.5) is 0 Å². The van der Waals surface area contributed by atoms with Crippen LogP contribution in [0, 0.1) is 13.8 Å². The van der Waals surface area contributed by atoms with E-state index < -0.39 is 5.97 Å². The number of pyridine rings is 1. The van der Waals surface area contributed by atoms with Gasteiger partial charge in [0.1, 0.15) is 5.52 Å². The molecular formula is C10H9N3O2. The molecular weight excluding hydrogens is 194 g/mol. The van der Waals surface area contributed by atoms with Gasteiger partial charge in [-0.15, -0.1) is 0 Å². The summed E-state index contributed by atoms with van der Waals surface area (Å²) in [7, 11) is 0. The van der Waals surface area contributed by atoms with Crippen molar-refractivity contribution in [1.82, 2.24) is 15.0 Å². The van der Waals surface area contributed by atoms with Gasteiger partial charge in [0.05, 0.1) is 11.4 Å². The topological polar surface area (TPSA) is 76.0 Å². The van der Waals surface area contributed by atoms with Gasteiger partial charge in [-0.25, -0.2) is 19.7 Å². The molecule has 0 aliphatic carbocycles. The molecule has 0 aromatic carbocycles. The molecule has 0 unspecified atom stereocenters.